The Morgan fingerprint density at radius 3 is 2.17 bits per heavy atom. The Hall–Kier alpha value is -3.16. The van der Waals surface area contributed by atoms with Crippen molar-refractivity contribution in [2.45, 2.75) is 26.5 Å². The van der Waals surface area contributed by atoms with Gasteiger partial charge in [0.2, 0.25) is 5.75 Å². The van der Waals surface area contributed by atoms with Gasteiger partial charge in [0.25, 0.3) is 0 Å². The standard InChI is InChI=1S/C22H30FN3O4/c1-6-24-22(25-13-15(2)30-18-9-7-17(23)8-10-18)26-14-16-11-19(27-3)21(29-5)20(12-16)28-4/h7-12,15H,6,13-14H2,1-5H3,(H2,24,25,26). The molecule has 0 aliphatic carbocycles. The van der Waals surface area contributed by atoms with Crippen LogP contribution >= 0.6 is 0 Å². The number of nitrogens with one attached hydrogen (secondary N) is 2. The van der Waals surface area contributed by atoms with Crippen molar-refractivity contribution in [2.24, 2.45) is 4.99 Å². The minimum atomic E-state index is -0.290. The minimum absolute atomic E-state index is 0.138. The summed E-state index contributed by atoms with van der Waals surface area (Å²) in [6.07, 6.45) is -0.138. The van der Waals surface area contributed by atoms with Gasteiger partial charge >= 0.3 is 0 Å². The summed E-state index contributed by atoms with van der Waals surface area (Å²) in [7, 11) is 4.73. The summed E-state index contributed by atoms with van der Waals surface area (Å²) in [6, 6.07) is 9.70. The SMILES string of the molecule is CCNC(=NCc1cc(OC)c(OC)c(OC)c1)NCC(C)Oc1ccc(F)cc1. The van der Waals surface area contributed by atoms with Crippen LogP contribution in [0.1, 0.15) is 19.4 Å². The third-order valence-corrected chi connectivity index (χ3v) is 4.20. The van der Waals surface area contributed by atoms with Gasteiger partial charge in [-0.1, -0.05) is 0 Å². The number of aliphatic imine (C=N–C) groups is 1. The van der Waals surface area contributed by atoms with Gasteiger partial charge in [0.05, 0.1) is 34.4 Å². The van der Waals surface area contributed by atoms with Gasteiger partial charge in [0.15, 0.2) is 17.5 Å². The second-order valence-corrected chi connectivity index (χ2v) is 6.49. The minimum Gasteiger partial charge on any atom is -0.493 e. The molecule has 0 spiro atoms. The first-order valence-corrected chi connectivity index (χ1v) is 9.74. The van der Waals surface area contributed by atoms with Crippen LogP contribution in [0.15, 0.2) is 41.4 Å². The Morgan fingerprint density at radius 2 is 1.63 bits per heavy atom. The lowest BCUT2D eigenvalue weighted by Gasteiger charge is -2.18. The molecular formula is C22H30FN3O4. The molecule has 0 fully saturated rings. The lowest BCUT2D eigenvalue weighted by atomic mass is 10.2. The number of rotatable bonds is 10. The van der Waals surface area contributed by atoms with E-state index in [0.717, 1.165) is 5.56 Å². The van der Waals surface area contributed by atoms with E-state index in [1.54, 1.807) is 33.5 Å². The van der Waals surface area contributed by atoms with Crippen LogP contribution in [0.3, 0.4) is 0 Å². The van der Waals surface area contributed by atoms with Gasteiger partial charge in [-0.2, -0.15) is 0 Å². The zero-order valence-corrected chi connectivity index (χ0v) is 18.1. The zero-order valence-electron chi connectivity index (χ0n) is 18.1. The third kappa shape index (κ3) is 6.72. The van der Waals surface area contributed by atoms with E-state index in [0.29, 0.717) is 48.6 Å². The molecule has 2 rings (SSSR count). The van der Waals surface area contributed by atoms with Crippen LogP contribution in [0.5, 0.6) is 23.0 Å². The van der Waals surface area contributed by atoms with E-state index in [2.05, 4.69) is 15.6 Å². The second kappa shape index (κ2) is 11.7. The van der Waals surface area contributed by atoms with E-state index < -0.39 is 0 Å². The Bertz CT molecular complexity index is 803. The zero-order chi connectivity index (χ0) is 21.9. The van der Waals surface area contributed by atoms with Crippen molar-refractivity contribution in [1.29, 1.82) is 0 Å². The van der Waals surface area contributed by atoms with Crippen LogP contribution in [0.4, 0.5) is 4.39 Å². The van der Waals surface area contributed by atoms with Crippen LogP contribution < -0.4 is 29.6 Å². The highest BCUT2D eigenvalue weighted by molar-refractivity contribution is 5.79. The molecule has 1 unspecified atom stereocenters. The number of methoxy groups -OCH3 is 3. The van der Waals surface area contributed by atoms with Gasteiger partial charge in [-0.25, -0.2) is 9.38 Å². The molecule has 0 saturated carbocycles. The molecule has 2 aromatic rings. The van der Waals surface area contributed by atoms with E-state index in [1.807, 2.05) is 26.0 Å². The maximum absolute atomic E-state index is 13.0. The summed E-state index contributed by atoms with van der Waals surface area (Å²) in [4.78, 5) is 4.62. The van der Waals surface area contributed by atoms with Crippen LogP contribution in [-0.2, 0) is 6.54 Å². The van der Waals surface area contributed by atoms with Gasteiger partial charge in [-0.05, 0) is 55.8 Å². The molecule has 0 radical (unpaired) electrons. The molecule has 0 aliphatic heterocycles. The molecule has 0 aromatic heterocycles. The lowest BCUT2D eigenvalue weighted by molar-refractivity contribution is 0.223. The highest BCUT2D eigenvalue weighted by atomic mass is 19.1. The monoisotopic (exact) mass is 419 g/mol. The molecule has 0 amide bonds. The van der Waals surface area contributed by atoms with Gasteiger partial charge in [-0.3, -0.25) is 0 Å². The van der Waals surface area contributed by atoms with E-state index in [1.165, 1.54) is 12.1 Å². The van der Waals surface area contributed by atoms with Crippen LogP contribution in [0.2, 0.25) is 0 Å². The molecule has 164 valence electrons. The maximum atomic E-state index is 13.0. The fourth-order valence-electron chi connectivity index (χ4n) is 2.77. The van der Waals surface area contributed by atoms with E-state index >= 15 is 0 Å². The van der Waals surface area contributed by atoms with E-state index in [4.69, 9.17) is 18.9 Å². The average Bonchev–Trinajstić information content (AvgIpc) is 2.76. The highest BCUT2D eigenvalue weighted by Crippen LogP contribution is 2.38. The Kier molecular flexibility index (Phi) is 9.05. The lowest BCUT2D eigenvalue weighted by Crippen LogP contribution is -2.41. The number of hydrogen-bond donors (Lipinski definition) is 2. The van der Waals surface area contributed by atoms with Crippen molar-refractivity contribution in [3.63, 3.8) is 0 Å². The predicted octanol–water partition coefficient (Wildman–Crippen LogP) is 3.37. The molecule has 0 saturated heterocycles. The fourth-order valence-corrected chi connectivity index (χ4v) is 2.77. The number of guanidine groups is 1. The quantitative estimate of drug-likeness (QED) is 0.454. The van der Waals surface area contributed by atoms with Crippen molar-refractivity contribution >= 4 is 5.96 Å². The van der Waals surface area contributed by atoms with Gasteiger partial charge in [0, 0.05) is 6.54 Å². The molecule has 0 aliphatic rings. The van der Waals surface area contributed by atoms with Crippen molar-refractivity contribution in [2.75, 3.05) is 34.4 Å². The molecule has 0 heterocycles. The molecule has 2 N–H and O–H groups in total. The van der Waals surface area contributed by atoms with E-state index in [-0.39, 0.29) is 11.9 Å². The molecule has 0 bridgehead atoms. The van der Waals surface area contributed by atoms with Crippen molar-refractivity contribution < 1.29 is 23.3 Å². The molecule has 1 atom stereocenters. The van der Waals surface area contributed by atoms with Gasteiger partial charge in [0.1, 0.15) is 17.7 Å². The largest absolute Gasteiger partial charge is 0.493 e. The fraction of sp³-hybridized carbons (Fsp3) is 0.409. The molecule has 8 heteroatoms. The number of halogens is 1. The topological polar surface area (TPSA) is 73.3 Å². The van der Waals surface area contributed by atoms with Crippen molar-refractivity contribution in [3.05, 3.63) is 47.8 Å². The summed E-state index contributed by atoms with van der Waals surface area (Å²) in [6.45, 7) is 5.58. The van der Waals surface area contributed by atoms with Crippen LogP contribution in [0, 0.1) is 5.82 Å². The first-order chi connectivity index (χ1) is 14.5. The van der Waals surface area contributed by atoms with E-state index in [9.17, 15) is 4.39 Å². The highest BCUT2D eigenvalue weighted by Gasteiger charge is 2.13. The smallest absolute Gasteiger partial charge is 0.203 e. The predicted molar refractivity (Wildman–Crippen MR) is 115 cm³/mol. The number of nitrogens with zero attached hydrogens (tertiary/aromatic N) is 1. The number of hydrogen-bond acceptors (Lipinski definition) is 5. The Balaban J connectivity index is 2.02. The summed E-state index contributed by atoms with van der Waals surface area (Å²) >= 11 is 0. The van der Waals surface area contributed by atoms with Gasteiger partial charge in [-0.15, -0.1) is 0 Å². The first kappa shape index (κ1) is 23.1. The number of ether oxygens (including phenoxy) is 4. The molecule has 2 aromatic carbocycles. The van der Waals surface area contributed by atoms with Crippen LogP contribution in [-0.4, -0.2) is 46.5 Å². The maximum Gasteiger partial charge on any atom is 0.203 e. The number of benzene rings is 2. The molecule has 30 heavy (non-hydrogen) atoms. The molecule has 7 nitrogen and oxygen atoms in total. The Morgan fingerprint density at radius 1 is 1.00 bits per heavy atom. The Labute approximate surface area is 177 Å². The van der Waals surface area contributed by atoms with Crippen LogP contribution in [0.25, 0.3) is 0 Å². The van der Waals surface area contributed by atoms with Crippen molar-refractivity contribution in [1.82, 2.24) is 10.6 Å². The first-order valence-electron chi connectivity index (χ1n) is 9.74. The van der Waals surface area contributed by atoms with Crippen molar-refractivity contribution in [3.8, 4) is 23.0 Å². The average molecular weight is 419 g/mol. The summed E-state index contributed by atoms with van der Waals surface area (Å²) < 4.78 is 34.9. The van der Waals surface area contributed by atoms with Gasteiger partial charge < -0.3 is 29.6 Å². The summed E-state index contributed by atoms with van der Waals surface area (Å²) in [5, 5.41) is 6.46. The normalized spacial score (nSPS) is 12.1. The second-order valence-electron chi connectivity index (χ2n) is 6.49. The third-order valence-electron chi connectivity index (χ3n) is 4.20. The summed E-state index contributed by atoms with van der Waals surface area (Å²) in [5.41, 5.74) is 0.914. The molecular weight excluding hydrogens is 389 g/mol. The summed E-state index contributed by atoms with van der Waals surface area (Å²) in [5.74, 6) is 2.69.